The fraction of sp³-hybridized carbons (Fsp3) is 0.154. The molecular weight excluding hydrogens is 298 g/mol. The predicted molar refractivity (Wildman–Crippen MR) is 78.7 cm³/mol. The molecule has 0 spiro atoms. The van der Waals surface area contributed by atoms with Crippen molar-refractivity contribution in [2.75, 3.05) is 5.32 Å². The molecule has 1 unspecified atom stereocenters. The van der Waals surface area contributed by atoms with Gasteiger partial charge in [-0.25, -0.2) is 0 Å². The fourth-order valence-corrected chi connectivity index (χ4v) is 1.98. The minimum atomic E-state index is -0.310. The molecule has 0 fully saturated rings. The minimum absolute atomic E-state index is 0.0928. The van der Waals surface area contributed by atoms with Gasteiger partial charge in [0.15, 0.2) is 0 Å². The van der Waals surface area contributed by atoms with Crippen molar-refractivity contribution in [1.82, 2.24) is 0 Å². The largest absolute Gasteiger partial charge is 0.325 e. The molecule has 0 aliphatic heterocycles. The molecule has 2 aromatic rings. The maximum Gasteiger partial charge on any atom is 0.236 e. The molecule has 2 aromatic carbocycles. The van der Waals surface area contributed by atoms with Crippen molar-refractivity contribution < 1.29 is 4.79 Å². The molecule has 0 saturated carbocycles. The molecule has 0 aliphatic rings. The third-order valence-corrected chi connectivity index (χ3v) is 3.18. The van der Waals surface area contributed by atoms with Crippen LogP contribution in [-0.2, 0) is 4.79 Å². The molecular formula is C13H12BrNOS. The second-order valence-corrected chi connectivity index (χ2v) is 5.56. The number of carbonyl (C=O) groups excluding carboxylic acids is 1. The average Bonchev–Trinajstić information content (AvgIpc) is 2.29. The monoisotopic (exact) mass is 309 g/mol. The molecule has 2 nitrogen and oxygen atoms in total. The van der Waals surface area contributed by atoms with Crippen LogP contribution in [0.1, 0.15) is 6.92 Å². The van der Waals surface area contributed by atoms with E-state index >= 15 is 0 Å². The van der Waals surface area contributed by atoms with E-state index in [1.54, 1.807) is 6.92 Å². The second kappa shape index (κ2) is 5.10. The number of carbonyl (C=O) groups is 1. The van der Waals surface area contributed by atoms with Gasteiger partial charge in [0.25, 0.3) is 0 Å². The normalized spacial score (nSPS) is 12.4. The zero-order chi connectivity index (χ0) is 12.4. The van der Waals surface area contributed by atoms with Crippen molar-refractivity contribution in [2.45, 2.75) is 12.2 Å². The van der Waals surface area contributed by atoms with E-state index < -0.39 is 0 Å². The Bertz CT molecular complexity index is 568. The number of hydrogen-bond donors (Lipinski definition) is 2. The van der Waals surface area contributed by atoms with Crippen LogP contribution < -0.4 is 5.32 Å². The zero-order valence-electron chi connectivity index (χ0n) is 9.27. The Kier molecular flexibility index (Phi) is 3.74. The van der Waals surface area contributed by atoms with E-state index in [2.05, 4.69) is 33.9 Å². The Morgan fingerprint density at radius 3 is 2.59 bits per heavy atom. The van der Waals surface area contributed by atoms with Crippen LogP contribution in [0, 0.1) is 0 Å². The molecule has 4 heteroatoms. The summed E-state index contributed by atoms with van der Waals surface area (Å²) < 4.78 is 1.05. The zero-order valence-corrected chi connectivity index (χ0v) is 11.8. The van der Waals surface area contributed by atoms with Crippen molar-refractivity contribution in [3.05, 3.63) is 40.9 Å². The molecule has 0 radical (unpaired) electrons. The van der Waals surface area contributed by atoms with Gasteiger partial charge in [-0.3, -0.25) is 4.79 Å². The first-order chi connectivity index (χ1) is 8.06. The van der Waals surface area contributed by atoms with Crippen LogP contribution in [0.2, 0.25) is 0 Å². The average molecular weight is 310 g/mol. The van der Waals surface area contributed by atoms with Crippen LogP contribution in [0.5, 0.6) is 0 Å². The van der Waals surface area contributed by atoms with Gasteiger partial charge < -0.3 is 5.32 Å². The molecule has 0 aliphatic carbocycles. The van der Waals surface area contributed by atoms with E-state index in [9.17, 15) is 4.79 Å². The van der Waals surface area contributed by atoms with E-state index in [0.717, 1.165) is 20.9 Å². The first kappa shape index (κ1) is 12.5. The standard InChI is InChI=1S/C13H12BrNOS/c1-8(17)13(16)15-12-5-3-9-6-11(14)4-2-10(9)7-12/h2-8,17H,1H3,(H,15,16). The first-order valence-electron chi connectivity index (χ1n) is 5.24. The lowest BCUT2D eigenvalue weighted by atomic mass is 10.1. The Hall–Kier alpha value is -1.00. The van der Waals surface area contributed by atoms with Crippen LogP contribution in [-0.4, -0.2) is 11.2 Å². The van der Waals surface area contributed by atoms with Crippen molar-refractivity contribution >= 4 is 50.9 Å². The lowest BCUT2D eigenvalue weighted by Gasteiger charge is -2.08. The summed E-state index contributed by atoms with van der Waals surface area (Å²) in [6.07, 6.45) is 0. The molecule has 0 saturated heterocycles. The fourth-order valence-electron chi connectivity index (χ4n) is 1.54. The van der Waals surface area contributed by atoms with Crippen molar-refractivity contribution in [1.29, 1.82) is 0 Å². The van der Waals surface area contributed by atoms with Crippen LogP contribution in [0.15, 0.2) is 40.9 Å². The summed E-state index contributed by atoms with van der Waals surface area (Å²) in [7, 11) is 0. The lowest BCUT2D eigenvalue weighted by molar-refractivity contribution is -0.115. The van der Waals surface area contributed by atoms with E-state index in [1.165, 1.54) is 0 Å². The number of thiol groups is 1. The summed E-state index contributed by atoms with van der Waals surface area (Å²) in [5, 5.41) is 4.74. The number of anilines is 1. The number of hydrogen-bond acceptors (Lipinski definition) is 2. The molecule has 2 rings (SSSR count). The maximum absolute atomic E-state index is 11.5. The number of benzene rings is 2. The Morgan fingerprint density at radius 2 is 1.88 bits per heavy atom. The van der Waals surface area contributed by atoms with Crippen molar-refractivity contribution in [3.8, 4) is 0 Å². The lowest BCUT2D eigenvalue weighted by Crippen LogP contribution is -2.20. The molecule has 1 amide bonds. The smallest absolute Gasteiger partial charge is 0.236 e. The summed E-state index contributed by atoms with van der Waals surface area (Å²) >= 11 is 7.52. The highest BCUT2D eigenvalue weighted by atomic mass is 79.9. The molecule has 0 heterocycles. The van der Waals surface area contributed by atoms with Gasteiger partial charge in [-0.1, -0.05) is 28.1 Å². The third kappa shape index (κ3) is 3.01. The summed E-state index contributed by atoms with van der Waals surface area (Å²) in [4.78, 5) is 11.5. The van der Waals surface area contributed by atoms with Gasteiger partial charge in [0, 0.05) is 10.2 Å². The molecule has 1 atom stereocenters. The highest BCUT2D eigenvalue weighted by molar-refractivity contribution is 9.10. The van der Waals surface area contributed by atoms with Gasteiger partial charge >= 0.3 is 0 Å². The Balaban J connectivity index is 2.32. The topological polar surface area (TPSA) is 29.1 Å². The van der Waals surface area contributed by atoms with E-state index in [0.29, 0.717) is 0 Å². The highest BCUT2D eigenvalue weighted by Crippen LogP contribution is 2.23. The highest BCUT2D eigenvalue weighted by Gasteiger charge is 2.07. The van der Waals surface area contributed by atoms with Crippen molar-refractivity contribution in [3.63, 3.8) is 0 Å². The SMILES string of the molecule is CC(S)C(=O)Nc1ccc2cc(Br)ccc2c1. The maximum atomic E-state index is 11.5. The van der Waals surface area contributed by atoms with Gasteiger partial charge in [0.2, 0.25) is 5.91 Å². The van der Waals surface area contributed by atoms with E-state index in [4.69, 9.17) is 0 Å². The molecule has 17 heavy (non-hydrogen) atoms. The number of fused-ring (bicyclic) bond motifs is 1. The molecule has 0 aromatic heterocycles. The summed E-state index contributed by atoms with van der Waals surface area (Å²) in [6.45, 7) is 1.75. The minimum Gasteiger partial charge on any atom is -0.325 e. The van der Waals surface area contributed by atoms with Crippen LogP contribution in [0.3, 0.4) is 0 Å². The summed E-state index contributed by atoms with van der Waals surface area (Å²) in [5.74, 6) is -0.0928. The van der Waals surface area contributed by atoms with Crippen LogP contribution in [0.25, 0.3) is 10.8 Å². The molecule has 1 N–H and O–H groups in total. The van der Waals surface area contributed by atoms with E-state index in [-0.39, 0.29) is 11.2 Å². The van der Waals surface area contributed by atoms with Gasteiger partial charge in [0.05, 0.1) is 5.25 Å². The Labute approximate surface area is 114 Å². The number of halogens is 1. The van der Waals surface area contributed by atoms with Gasteiger partial charge in [0.1, 0.15) is 0 Å². The number of nitrogens with one attached hydrogen (secondary N) is 1. The predicted octanol–water partition coefficient (Wildman–Crippen LogP) is 3.86. The number of rotatable bonds is 2. The molecule has 88 valence electrons. The van der Waals surface area contributed by atoms with E-state index in [1.807, 2.05) is 36.4 Å². The van der Waals surface area contributed by atoms with Crippen molar-refractivity contribution in [2.24, 2.45) is 0 Å². The number of amides is 1. The first-order valence-corrected chi connectivity index (χ1v) is 6.55. The quantitative estimate of drug-likeness (QED) is 0.810. The molecule has 0 bridgehead atoms. The van der Waals surface area contributed by atoms with Gasteiger partial charge in [-0.2, -0.15) is 12.6 Å². The second-order valence-electron chi connectivity index (χ2n) is 3.87. The van der Waals surface area contributed by atoms with Crippen LogP contribution in [0.4, 0.5) is 5.69 Å². The summed E-state index contributed by atoms with van der Waals surface area (Å²) in [6, 6.07) is 11.9. The summed E-state index contributed by atoms with van der Waals surface area (Å²) in [5.41, 5.74) is 0.797. The Morgan fingerprint density at radius 1 is 1.24 bits per heavy atom. The van der Waals surface area contributed by atoms with Gasteiger partial charge in [-0.05, 0) is 42.0 Å². The van der Waals surface area contributed by atoms with Crippen LogP contribution >= 0.6 is 28.6 Å². The third-order valence-electron chi connectivity index (χ3n) is 2.45. The van der Waals surface area contributed by atoms with Gasteiger partial charge in [-0.15, -0.1) is 0 Å².